The van der Waals surface area contributed by atoms with Gasteiger partial charge in [-0.3, -0.25) is 9.59 Å². The fourth-order valence-corrected chi connectivity index (χ4v) is 5.36. The van der Waals surface area contributed by atoms with E-state index in [0.29, 0.717) is 37.4 Å². The Kier molecular flexibility index (Phi) is 5.69. The Morgan fingerprint density at radius 1 is 1.09 bits per heavy atom. The maximum absolute atomic E-state index is 14.0. The van der Waals surface area contributed by atoms with Gasteiger partial charge in [-0.25, -0.2) is 9.67 Å². The molecule has 5 rings (SSSR count). The Bertz CT molecular complexity index is 1280. The molecular weight excluding hydrogens is 440 g/mol. The van der Waals surface area contributed by atoms with Crippen LogP contribution in [0.4, 0.5) is 0 Å². The first-order valence-electron chi connectivity index (χ1n) is 12.5. The molecule has 3 heterocycles. The Morgan fingerprint density at radius 2 is 1.74 bits per heavy atom. The van der Waals surface area contributed by atoms with Crippen molar-refractivity contribution in [2.75, 3.05) is 20.2 Å². The number of hydrogen-bond acceptors (Lipinski definition) is 5. The zero-order valence-electron chi connectivity index (χ0n) is 21.3. The fraction of sp³-hybridized carbons (Fsp3) is 0.500. The molecule has 0 radical (unpaired) electrons. The topological polar surface area (TPSA) is 77.3 Å². The number of fused-ring (bicyclic) bond motifs is 1. The van der Waals surface area contributed by atoms with E-state index in [1.54, 1.807) is 0 Å². The third kappa shape index (κ3) is 4.01. The van der Waals surface area contributed by atoms with Crippen LogP contribution < -0.4 is 0 Å². The molecule has 7 heteroatoms. The lowest BCUT2D eigenvalue weighted by molar-refractivity contribution is -0.149. The summed E-state index contributed by atoms with van der Waals surface area (Å²) in [7, 11) is 1.44. The second kappa shape index (κ2) is 8.47. The van der Waals surface area contributed by atoms with Gasteiger partial charge in [0.2, 0.25) is 0 Å². The van der Waals surface area contributed by atoms with Gasteiger partial charge in [0.1, 0.15) is 0 Å². The number of aromatic nitrogens is 3. The molecule has 0 atom stereocenters. The van der Waals surface area contributed by atoms with Crippen molar-refractivity contribution in [2.24, 2.45) is 0 Å². The van der Waals surface area contributed by atoms with Crippen molar-refractivity contribution in [3.63, 3.8) is 0 Å². The number of pyridine rings is 1. The van der Waals surface area contributed by atoms with Gasteiger partial charge >= 0.3 is 5.97 Å². The number of carbonyl (C=O) groups is 2. The van der Waals surface area contributed by atoms with Gasteiger partial charge in [0.25, 0.3) is 5.91 Å². The number of ether oxygens (including phenoxy) is 1. The van der Waals surface area contributed by atoms with E-state index in [1.807, 2.05) is 52.9 Å². The average molecular weight is 475 g/mol. The number of nitrogens with zero attached hydrogens (tertiary/aromatic N) is 4. The highest BCUT2D eigenvalue weighted by Crippen LogP contribution is 2.42. The maximum atomic E-state index is 14.0. The first-order chi connectivity index (χ1) is 16.7. The molecule has 184 valence electrons. The number of esters is 1. The predicted octanol–water partition coefficient (Wildman–Crippen LogP) is 4.72. The van der Waals surface area contributed by atoms with Gasteiger partial charge in [-0.15, -0.1) is 0 Å². The number of amides is 1. The quantitative estimate of drug-likeness (QED) is 0.512. The lowest BCUT2D eigenvalue weighted by atomic mass is 9.72. The number of aryl methyl sites for hydroxylation is 1. The predicted molar refractivity (Wildman–Crippen MR) is 135 cm³/mol. The van der Waals surface area contributed by atoms with Crippen molar-refractivity contribution in [1.82, 2.24) is 19.7 Å². The Morgan fingerprint density at radius 3 is 2.31 bits per heavy atom. The molecule has 7 nitrogen and oxygen atoms in total. The van der Waals surface area contributed by atoms with E-state index in [0.717, 1.165) is 40.8 Å². The second-order valence-electron chi connectivity index (χ2n) is 11.0. The molecule has 2 aliphatic rings. The highest BCUT2D eigenvalue weighted by molar-refractivity contribution is 6.06. The summed E-state index contributed by atoms with van der Waals surface area (Å²) in [5.41, 5.74) is 3.23. The van der Waals surface area contributed by atoms with Crippen LogP contribution in [0.3, 0.4) is 0 Å². The molecule has 35 heavy (non-hydrogen) atoms. The lowest BCUT2D eigenvalue weighted by Crippen LogP contribution is -2.49. The molecule has 2 fully saturated rings. The first-order valence-corrected chi connectivity index (χ1v) is 12.5. The summed E-state index contributed by atoms with van der Waals surface area (Å²) >= 11 is 0. The van der Waals surface area contributed by atoms with Gasteiger partial charge in [-0.2, -0.15) is 5.10 Å². The molecule has 0 bridgehead atoms. The van der Waals surface area contributed by atoms with Gasteiger partial charge in [0.05, 0.1) is 34.7 Å². The summed E-state index contributed by atoms with van der Waals surface area (Å²) in [4.78, 5) is 33.7. The van der Waals surface area contributed by atoms with Crippen LogP contribution in [0.1, 0.15) is 79.7 Å². The highest BCUT2D eigenvalue weighted by atomic mass is 16.5. The largest absolute Gasteiger partial charge is 0.468 e. The summed E-state index contributed by atoms with van der Waals surface area (Å²) in [5.74, 6) is 0.170. The Hall–Kier alpha value is -3.22. The first kappa shape index (κ1) is 23.5. The van der Waals surface area contributed by atoms with Crippen LogP contribution in [0.5, 0.6) is 0 Å². The van der Waals surface area contributed by atoms with Crippen LogP contribution >= 0.6 is 0 Å². The summed E-state index contributed by atoms with van der Waals surface area (Å²) in [5, 5.41) is 5.62. The van der Waals surface area contributed by atoms with E-state index in [4.69, 9.17) is 14.8 Å². The average Bonchev–Trinajstić information content (AvgIpc) is 3.65. The summed E-state index contributed by atoms with van der Waals surface area (Å²) in [6, 6.07) is 11.8. The summed E-state index contributed by atoms with van der Waals surface area (Å²) in [6.45, 7) is 9.23. The van der Waals surface area contributed by atoms with Crippen molar-refractivity contribution in [3.8, 4) is 0 Å². The Balaban J connectivity index is 1.51. The van der Waals surface area contributed by atoms with Crippen molar-refractivity contribution in [3.05, 3.63) is 58.9 Å². The minimum Gasteiger partial charge on any atom is -0.468 e. The maximum Gasteiger partial charge on any atom is 0.316 e. The molecule has 0 spiro atoms. The Labute approximate surface area is 206 Å². The van der Waals surface area contributed by atoms with E-state index in [1.165, 1.54) is 7.11 Å². The molecule has 0 N–H and O–H groups in total. The van der Waals surface area contributed by atoms with E-state index >= 15 is 0 Å². The van der Waals surface area contributed by atoms with Gasteiger partial charge in [-0.1, -0.05) is 30.3 Å². The molecule has 1 saturated carbocycles. The third-order valence-corrected chi connectivity index (χ3v) is 7.50. The number of carbonyl (C=O) groups excluding carboxylic acids is 2. The zero-order valence-corrected chi connectivity index (χ0v) is 21.3. The second-order valence-corrected chi connectivity index (χ2v) is 11.0. The number of methoxy groups -OCH3 is 1. The van der Waals surface area contributed by atoms with Crippen LogP contribution in [0.25, 0.3) is 11.0 Å². The van der Waals surface area contributed by atoms with E-state index < -0.39 is 5.41 Å². The van der Waals surface area contributed by atoms with Crippen LogP contribution in [-0.2, 0) is 20.5 Å². The van der Waals surface area contributed by atoms with Gasteiger partial charge in [-0.05, 0) is 65.0 Å². The molecule has 0 unspecified atom stereocenters. The lowest BCUT2D eigenvalue weighted by Gasteiger charge is -2.40. The molecule has 2 aromatic heterocycles. The molecule has 1 aromatic carbocycles. The standard InChI is InChI=1S/C28H34N4O3/c1-18-23-21(17-22(19-11-12-19)29-24(23)32(30-18)27(2,3)4)25(33)31-15-13-28(14-16-31,26(34)35-5)20-9-7-6-8-10-20/h6-10,17,19H,11-16H2,1-5H3. The third-order valence-electron chi connectivity index (χ3n) is 7.50. The van der Waals surface area contributed by atoms with Crippen LogP contribution in [0.2, 0.25) is 0 Å². The smallest absolute Gasteiger partial charge is 0.316 e. The molecule has 1 aliphatic heterocycles. The molecular formula is C28H34N4O3. The molecule has 1 aliphatic carbocycles. The van der Waals surface area contributed by atoms with Crippen LogP contribution in [-0.4, -0.2) is 51.7 Å². The molecule has 3 aromatic rings. The van der Waals surface area contributed by atoms with Crippen LogP contribution in [0.15, 0.2) is 36.4 Å². The fourth-order valence-electron chi connectivity index (χ4n) is 5.36. The molecule has 1 saturated heterocycles. The van der Waals surface area contributed by atoms with E-state index in [-0.39, 0.29) is 17.4 Å². The van der Waals surface area contributed by atoms with Crippen molar-refractivity contribution in [2.45, 2.75) is 70.3 Å². The number of rotatable bonds is 4. The van der Waals surface area contributed by atoms with Crippen molar-refractivity contribution in [1.29, 1.82) is 0 Å². The SMILES string of the molecule is COC(=O)C1(c2ccccc2)CCN(C(=O)c2cc(C3CC3)nc3c2c(C)nn3C(C)(C)C)CC1. The number of piperidine rings is 1. The minimum absolute atomic E-state index is 0.0117. The normalized spacial score (nSPS) is 18.0. The minimum atomic E-state index is -0.730. The van der Waals surface area contributed by atoms with Gasteiger partial charge in [0, 0.05) is 24.7 Å². The summed E-state index contributed by atoms with van der Waals surface area (Å²) < 4.78 is 7.18. The zero-order chi connectivity index (χ0) is 25.0. The van der Waals surface area contributed by atoms with E-state index in [2.05, 4.69) is 20.8 Å². The van der Waals surface area contributed by atoms with Gasteiger partial charge < -0.3 is 9.64 Å². The number of likely N-dealkylation sites (tertiary alicyclic amines) is 1. The van der Waals surface area contributed by atoms with E-state index in [9.17, 15) is 9.59 Å². The number of benzene rings is 1. The van der Waals surface area contributed by atoms with Crippen molar-refractivity contribution < 1.29 is 14.3 Å². The monoisotopic (exact) mass is 474 g/mol. The number of hydrogen-bond donors (Lipinski definition) is 0. The highest BCUT2D eigenvalue weighted by Gasteiger charge is 2.45. The molecule has 1 amide bonds. The van der Waals surface area contributed by atoms with Gasteiger partial charge in [0.15, 0.2) is 5.65 Å². The van der Waals surface area contributed by atoms with Crippen molar-refractivity contribution >= 4 is 22.9 Å². The summed E-state index contributed by atoms with van der Waals surface area (Å²) in [6.07, 6.45) is 3.27. The van der Waals surface area contributed by atoms with Crippen LogP contribution in [0, 0.1) is 6.92 Å².